The summed E-state index contributed by atoms with van der Waals surface area (Å²) in [4.78, 5) is 15.1. The van der Waals surface area contributed by atoms with E-state index in [0.717, 1.165) is 5.57 Å². The number of nitrogens with one attached hydrogen (secondary N) is 1. The molecular weight excluding hydrogens is 164 g/mol. The van der Waals surface area contributed by atoms with E-state index in [1.165, 1.54) is 6.08 Å². The number of allylic oxidation sites excluding steroid dienone is 2. The van der Waals surface area contributed by atoms with Gasteiger partial charge in [-0.25, -0.2) is 4.99 Å². The second-order valence-electron chi connectivity index (χ2n) is 2.76. The highest BCUT2D eigenvalue weighted by Crippen LogP contribution is 2.06. The van der Waals surface area contributed by atoms with Gasteiger partial charge >= 0.3 is 0 Å². The molecule has 1 aliphatic heterocycles. The van der Waals surface area contributed by atoms with Crippen LogP contribution in [0.15, 0.2) is 41.1 Å². The van der Waals surface area contributed by atoms with Crippen molar-refractivity contribution in [1.82, 2.24) is 5.32 Å². The van der Waals surface area contributed by atoms with Gasteiger partial charge in [-0.2, -0.15) is 0 Å². The first kappa shape index (κ1) is 9.45. The van der Waals surface area contributed by atoms with E-state index in [0.29, 0.717) is 11.5 Å². The molecule has 0 spiro atoms. The summed E-state index contributed by atoms with van der Waals surface area (Å²) in [6.45, 7) is 7.33. The summed E-state index contributed by atoms with van der Waals surface area (Å²) in [5, 5.41) is 2.64. The summed E-state index contributed by atoms with van der Waals surface area (Å²) in [6, 6.07) is 0. The van der Waals surface area contributed by atoms with E-state index in [4.69, 9.17) is 0 Å². The Morgan fingerprint density at radius 3 is 2.85 bits per heavy atom. The summed E-state index contributed by atoms with van der Waals surface area (Å²) in [6.07, 6.45) is 5.10. The summed E-state index contributed by atoms with van der Waals surface area (Å²) >= 11 is 0. The molecule has 0 aromatic heterocycles. The molecule has 1 rings (SSSR count). The lowest BCUT2D eigenvalue weighted by Gasteiger charge is -2.12. The average Bonchev–Trinajstić information content (AvgIpc) is 2.03. The Morgan fingerprint density at radius 1 is 1.62 bits per heavy atom. The van der Waals surface area contributed by atoms with Gasteiger partial charge in [0.05, 0.1) is 0 Å². The SMILES string of the molecule is C=C(C)N=C1NC(=O)C=C/C1=C/C. The van der Waals surface area contributed by atoms with Crippen LogP contribution in [-0.4, -0.2) is 11.7 Å². The zero-order valence-corrected chi connectivity index (χ0v) is 7.79. The molecule has 68 valence electrons. The zero-order valence-electron chi connectivity index (χ0n) is 7.79. The van der Waals surface area contributed by atoms with Crippen LogP contribution < -0.4 is 5.32 Å². The molecule has 0 unspecified atom stereocenters. The van der Waals surface area contributed by atoms with Gasteiger partial charge in [0.15, 0.2) is 0 Å². The molecular formula is C10H12N2O. The van der Waals surface area contributed by atoms with Crippen molar-refractivity contribution in [1.29, 1.82) is 0 Å². The number of hydrogen-bond donors (Lipinski definition) is 1. The quantitative estimate of drug-likeness (QED) is 0.647. The third-order valence-corrected chi connectivity index (χ3v) is 1.54. The first-order valence-electron chi connectivity index (χ1n) is 4.03. The maximum Gasteiger partial charge on any atom is 0.249 e. The first-order valence-corrected chi connectivity index (χ1v) is 4.03. The van der Waals surface area contributed by atoms with Gasteiger partial charge in [0.1, 0.15) is 5.84 Å². The fourth-order valence-corrected chi connectivity index (χ4v) is 0.991. The molecule has 0 bridgehead atoms. The van der Waals surface area contributed by atoms with Crippen molar-refractivity contribution in [2.45, 2.75) is 13.8 Å². The second-order valence-corrected chi connectivity index (χ2v) is 2.76. The molecule has 0 saturated heterocycles. The minimum atomic E-state index is -0.148. The van der Waals surface area contributed by atoms with E-state index in [1.807, 2.05) is 13.0 Å². The Labute approximate surface area is 77.6 Å². The first-order chi connectivity index (χ1) is 6.13. The van der Waals surface area contributed by atoms with Crippen LogP contribution in [0.25, 0.3) is 0 Å². The lowest BCUT2D eigenvalue weighted by atomic mass is 10.1. The van der Waals surface area contributed by atoms with Crippen LogP contribution in [0.2, 0.25) is 0 Å². The Kier molecular flexibility index (Phi) is 2.80. The number of aliphatic imine (C=N–C) groups is 1. The highest BCUT2D eigenvalue weighted by atomic mass is 16.1. The van der Waals surface area contributed by atoms with Crippen molar-refractivity contribution in [3.05, 3.63) is 36.1 Å². The van der Waals surface area contributed by atoms with Gasteiger partial charge in [-0.3, -0.25) is 4.79 Å². The highest BCUT2D eigenvalue weighted by Gasteiger charge is 2.11. The predicted octanol–water partition coefficient (Wildman–Crippen LogP) is 1.55. The third-order valence-electron chi connectivity index (χ3n) is 1.54. The fourth-order valence-electron chi connectivity index (χ4n) is 0.991. The van der Waals surface area contributed by atoms with E-state index >= 15 is 0 Å². The number of carbonyl (C=O) groups excluding carboxylic acids is 1. The molecule has 0 saturated carbocycles. The Hall–Kier alpha value is -1.64. The molecule has 0 fully saturated rings. The second kappa shape index (κ2) is 3.85. The number of hydrogen-bond acceptors (Lipinski definition) is 2. The van der Waals surface area contributed by atoms with Gasteiger partial charge in [0, 0.05) is 17.3 Å². The van der Waals surface area contributed by atoms with E-state index in [9.17, 15) is 4.79 Å². The number of amides is 1. The molecule has 13 heavy (non-hydrogen) atoms. The molecule has 3 nitrogen and oxygen atoms in total. The van der Waals surface area contributed by atoms with Gasteiger partial charge in [-0.1, -0.05) is 12.7 Å². The molecule has 0 atom stereocenters. The van der Waals surface area contributed by atoms with Crippen LogP contribution in [0.3, 0.4) is 0 Å². The van der Waals surface area contributed by atoms with Gasteiger partial charge < -0.3 is 5.32 Å². The van der Waals surface area contributed by atoms with E-state index in [2.05, 4.69) is 16.9 Å². The third kappa shape index (κ3) is 2.40. The minimum Gasteiger partial charge on any atom is -0.307 e. The Balaban J connectivity index is 3.03. The summed E-state index contributed by atoms with van der Waals surface area (Å²) in [7, 11) is 0. The van der Waals surface area contributed by atoms with Crippen LogP contribution in [0.1, 0.15) is 13.8 Å². The maximum atomic E-state index is 11.0. The van der Waals surface area contributed by atoms with Crippen molar-refractivity contribution in [2.24, 2.45) is 4.99 Å². The number of amidine groups is 1. The van der Waals surface area contributed by atoms with Crippen LogP contribution in [0, 0.1) is 0 Å². The zero-order chi connectivity index (χ0) is 9.84. The highest BCUT2D eigenvalue weighted by molar-refractivity contribution is 6.15. The van der Waals surface area contributed by atoms with Gasteiger partial charge in [-0.05, 0) is 19.9 Å². The van der Waals surface area contributed by atoms with E-state index in [1.54, 1.807) is 13.0 Å². The van der Waals surface area contributed by atoms with Crippen molar-refractivity contribution in [3.8, 4) is 0 Å². The molecule has 1 aliphatic rings. The molecule has 1 amide bonds. The van der Waals surface area contributed by atoms with E-state index < -0.39 is 0 Å². The van der Waals surface area contributed by atoms with Crippen molar-refractivity contribution in [3.63, 3.8) is 0 Å². The van der Waals surface area contributed by atoms with Crippen LogP contribution in [0.4, 0.5) is 0 Å². The molecule has 0 aromatic rings. The molecule has 0 aromatic carbocycles. The lowest BCUT2D eigenvalue weighted by molar-refractivity contribution is -0.115. The van der Waals surface area contributed by atoms with Crippen LogP contribution >= 0.6 is 0 Å². The lowest BCUT2D eigenvalue weighted by Crippen LogP contribution is -2.33. The largest absolute Gasteiger partial charge is 0.307 e. The van der Waals surface area contributed by atoms with Gasteiger partial charge in [0.2, 0.25) is 5.91 Å². The normalized spacial score (nSPS) is 22.2. The predicted molar refractivity (Wildman–Crippen MR) is 53.3 cm³/mol. The Bertz CT molecular complexity index is 335. The number of nitrogens with zero attached hydrogens (tertiary/aromatic N) is 1. The van der Waals surface area contributed by atoms with Gasteiger partial charge in [-0.15, -0.1) is 0 Å². The van der Waals surface area contributed by atoms with Crippen molar-refractivity contribution >= 4 is 11.7 Å². The summed E-state index contributed by atoms with van der Waals surface area (Å²) < 4.78 is 0. The molecule has 0 radical (unpaired) electrons. The standard InChI is InChI=1S/C10H12N2O/c1-4-8-5-6-9(13)12-10(8)11-7(2)3/h4-6H,2H2,1,3H3,(H,11,12,13)/b8-4-. The average molecular weight is 176 g/mol. The number of carbonyl (C=O) groups is 1. The summed E-state index contributed by atoms with van der Waals surface area (Å²) in [5.41, 5.74) is 1.58. The van der Waals surface area contributed by atoms with Crippen molar-refractivity contribution in [2.75, 3.05) is 0 Å². The molecule has 0 aliphatic carbocycles. The van der Waals surface area contributed by atoms with Crippen LogP contribution in [-0.2, 0) is 4.79 Å². The molecule has 3 heteroatoms. The maximum absolute atomic E-state index is 11.0. The van der Waals surface area contributed by atoms with Crippen molar-refractivity contribution < 1.29 is 4.79 Å². The van der Waals surface area contributed by atoms with Crippen LogP contribution in [0.5, 0.6) is 0 Å². The Morgan fingerprint density at radius 2 is 2.31 bits per heavy atom. The fraction of sp³-hybridized carbons (Fsp3) is 0.200. The smallest absolute Gasteiger partial charge is 0.249 e. The topological polar surface area (TPSA) is 41.5 Å². The van der Waals surface area contributed by atoms with E-state index in [-0.39, 0.29) is 5.91 Å². The molecule has 1 N–H and O–H groups in total. The molecule has 1 heterocycles. The van der Waals surface area contributed by atoms with Gasteiger partial charge in [0.25, 0.3) is 0 Å². The monoisotopic (exact) mass is 176 g/mol. The number of rotatable bonds is 1. The minimum absolute atomic E-state index is 0.148. The summed E-state index contributed by atoms with van der Waals surface area (Å²) in [5.74, 6) is 0.424.